The molecule has 3 atom stereocenters. The van der Waals surface area contributed by atoms with Crippen molar-refractivity contribution < 1.29 is 18.3 Å². The van der Waals surface area contributed by atoms with Gasteiger partial charge in [-0.05, 0) is 43.4 Å². The first kappa shape index (κ1) is 16.3. The average Bonchev–Trinajstić information content (AvgIpc) is 2.37. The van der Waals surface area contributed by atoms with Crippen molar-refractivity contribution in [1.82, 2.24) is 5.32 Å². The number of piperidine rings is 1. The fourth-order valence-electron chi connectivity index (χ4n) is 3.07. The lowest BCUT2D eigenvalue weighted by molar-refractivity contribution is -0.137. The highest BCUT2D eigenvalue weighted by atomic mass is 19.4. The van der Waals surface area contributed by atoms with Crippen molar-refractivity contribution in [3.05, 3.63) is 35.4 Å². The smallest absolute Gasteiger partial charge is 0.385 e. The van der Waals surface area contributed by atoms with E-state index in [1.807, 2.05) is 6.92 Å². The van der Waals surface area contributed by atoms with E-state index in [-0.39, 0.29) is 12.1 Å². The van der Waals surface area contributed by atoms with E-state index < -0.39 is 17.3 Å². The Labute approximate surface area is 123 Å². The number of rotatable bonds is 2. The molecule has 0 aliphatic carbocycles. The third-order valence-corrected chi connectivity index (χ3v) is 4.25. The van der Waals surface area contributed by atoms with Crippen LogP contribution in [0.5, 0.6) is 0 Å². The molecule has 0 radical (unpaired) electrons. The van der Waals surface area contributed by atoms with Crippen molar-refractivity contribution in [2.75, 3.05) is 0 Å². The largest absolute Gasteiger partial charge is 0.416 e. The van der Waals surface area contributed by atoms with E-state index in [0.717, 1.165) is 12.1 Å². The van der Waals surface area contributed by atoms with Crippen LogP contribution in [0.2, 0.25) is 0 Å². The van der Waals surface area contributed by atoms with Crippen LogP contribution in [0.4, 0.5) is 13.2 Å². The Bertz CT molecular complexity index is 483. The number of nitrogens with one attached hydrogen (secondary N) is 1. The predicted molar refractivity (Wildman–Crippen MR) is 75.8 cm³/mol. The highest BCUT2D eigenvalue weighted by molar-refractivity contribution is 5.29. The molecule has 2 rings (SSSR count). The number of aliphatic hydroxyl groups is 1. The molecule has 21 heavy (non-hydrogen) atoms. The summed E-state index contributed by atoms with van der Waals surface area (Å²) in [5.74, 6) is 0.355. The topological polar surface area (TPSA) is 32.3 Å². The first-order valence-electron chi connectivity index (χ1n) is 7.28. The third kappa shape index (κ3) is 3.58. The lowest BCUT2D eigenvalue weighted by atomic mass is 9.76. The van der Waals surface area contributed by atoms with Gasteiger partial charge in [-0.15, -0.1) is 0 Å². The summed E-state index contributed by atoms with van der Waals surface area (Å²) < 4.78 is 37.8. The minimum Gasteiger partial charge on any atom is -0.385 e. The lowest BCUT2D eigenvalue weighted by Crippen LogP contribution is -2.52. The van der Waals surface area contributed by atoms with E-state index >= 15 is 0 Å². The fraction of sp³-hybridized carbons (Fsp3) is 0.625. The summed E-state index contributed by atoms with van der Waals surface area (Å²) in [5.41, 5.74) is -1.18. The van der Waals surface area contributed by atoms with Crippen LogP contribution in [0.1, 0.15) is 44.7 Å². The standard InChI is InChI=1S/C16H22F3NO/c1-10(2)14-9-15(21,8-11(3)20-14)12-4-6-13(7-5-12)16(17,18)19/h4-7,10-11,14,20-21H,8-9H2,1-3H3. The summed E-state index contributed by atoms with van der Waals surface area (Å²) in [6, 6.07) is 5.17. The van der Waals surface area contributed by atoms with Gasteiger partial charge < -0.3 is 10.4 Å². The van der Waals surface area contributed by atoms with Gasteiger partial charge in [0.2, 0.25) is 0 Å². The molecular weight excluding hydrogens is 279 g/mol. The summed E-state index contributed by atoms with van der Waals surface area (Å²) in [4.78, 5) is 0. The van der Waals surface area contributed by atoms with Gasteiger partial charge in [-0.1, -0.05) is 26.0 Å². The molecule has 1 aromatic carbocycles. The van der Waals surface area contributed by atoms with E-state index in [2.05, 4.69) is 19.2 Å². The summed E-state index contributed by atoms with van der Waals surface area (Å²) >= 11 is 0. The first-order chi connectivity index (χ1) is 9.62. The van der Waals surface area contributed by atoms with E-state index in [1.165, 1.54) is 12.1 Å². The Morgan fingerprint density at radius 3 is 2.24 bits per heavy atom. The third-order valence-electron chi connectivity index (χ3n) is 4.25. The van der Waals surface area contributed by atoms with E-state index in [9.17, 15) is 18.3 Å². The molecule has 3 unspecified atom stereocenters. The van der Waals surface area contributed by atoms with Crippen molar-refractivity contribution >= 4 is 0 Å². The quantitative estimate of drug-likeness (QED) is 0.873. The van der Waals surface area contributed by atoms with Crippen LogP contribution in [-0.2, 0) is 11.8 Å². The molecule has 1 fully saturated rings. The monoisotopic (exact) mass is 301 g/mol. The Morgan fingerprint density at radius 2 is 1.76 bits per heavy atom. The van der Waals surface area contributed by atoms with Crippen molar-refractivity contribution in [1.29, 1.82) is 0 Å². The molecule has 1 aliphatic rings. The molecule has 1 aliphatic heterocycles. The van der Waals surface area contributed by atoms with Gasteiger partial charge in [0.15, 0.2) is 0 Å². The van der Waals surface area contributed by atoms with Crippen LogP contribution in [0, 0.1) is 5.92 Å². The van der Waals surface area contributed by atoms with Crippen LogP contribution in [0.3, 0.4) is 0 Å². The van der Waals surface area contributed by atoms with E-state index in [4.69, 9.17) is 0 Å². The normalized spacial score (nSPS) is 30.7. The Kier molecular flexibility index (Phi) is 4.36. The lowest BCUT2D eigenvalue weighted by Gasteiger charge is -2.43. The molecule has 118 valence electrons. The highest BCUT2D eigenvalue weighted by Gasteiger charge is 2.40. The average molecular weight is 301 g/mol. The van der Waals surface area contributed by atoms with Crippen LogP contribution >= 0.6 is 0 Å². The van der Waals surface area contributed by atoms with Gasteiger partial charge >= 0.3 is 6.18 Å². The van der Waals surface area contributed by atoms with Crippen molar-refractivity contribution in [3.63, 3.8) is 0 Å². The Balaban J connectivity index is 2.26. The molecule has 1 aromatic rings. The van der Waals surface area contributed by atoms with Gasteiger partial charge in [-0.3, -0.25) is 0 Å². The SMILES string of the molecule is CC1CC(O)(c2ccc(C(F)(F)F)cc2)CC(C(C)C)N1. The first-order valence-corrected chi connectivity index (χ1v) is 7.28. The molecule has 2 nitrogen and oxygen atoms in total. The molecule has 0 saturated carbocycles. The van der Waals surface area contributed by atoms with Gasteiger partial charge in [0.05, 0.1) is 11.2 Å². The molecule has 1 saturated heterocycles. The second-order valence-electron chi connectivity index (χ2n) is 6.43. The molecule has 0 amide bonds. The highest BCUT2D eigenvalue weighted by Crippen LogP contribution is 2.38. The van der Waals surface area contributed by atoms with Crippen LogP contribution in [0.25, 0.3) is 0 Å². The summed E-state index contributed by atoms with van der Waals surface area (Å²) in [6.45, 7) is 6.13. The minimum atomic E-state index is -4.34. The van der Waals surface area contributed by atoms with Gasteiger partial charge in [-0.2, -0.15) is 13.2 Å². The van der Waals surface area contributed by atoms with Gasteiger partial charge in [-0.25, -0.2) is 0 Å². The Hall–Kier alpha value is -1.07. The maximum Gasteiger partial charge on any atom is 0.416 e. The van der Waals surface area contributed by atoms with Crippen molar-refractivity contribution in [2.45, 2.75) is 57.5 Å². The molecular formula is C16H22F3NO. The number of halogens is 3. The summed E-state index contributed by atoms with van der Waals surface area (Å²) in [6.07, 6.45) is -3.33. The van der Waals surface area contributed by atoms with Gasteiger partial charge in [0, 0.05) is 12.1 Å². The maximum atomic E-state index is 12.6. The number of hydrogen-bond donors (Lipinski definition) is 2. The van der Waals surface area contributed by atoms with Crippen molar-refractivity contribution in [2.24, 2.45) is 5.92 Å². The molecule has 0 aromatic heterocycles. The maximum absolute atomic E-state index is 12.6. The number of benzene rings is 1. The molecule has 0 bridgehead atoms. The predicted octanol–water partition coefficient (Wildman–Crippen LogP) is 3.69. The van der Waals surface area contributed by atoms with Crippen LogP contribution in [-0.4, -0.2) is 17.2 Å². The number of hydrogen-bond acceptors (Lipinski definition) is 2. The molecule has 1 heterocycles. The van der Waals surface area contributed by atoms with Crippen molar-refractivity contribution in [3.8, 4) is 0 Å². The zero-order chi connectivity index (χ0) is 15.8. The zero-order valence-electron chi connectivity index (χ0n) is 12.5. The second-order valence-corrected chi connectivity index (χ2v) is 6.43. The van der Waals surface area contributed by atoms with Crippen LogP contribution < -0.4 is 5.32 Å². The zero-order valence-corrected chi connectivity index (χ0v) is 12.5. The summed E-state index contributed by atoms with van der Waals surface area (Å²) in [7, 11) is 0. The van der Waals surface area contributed by atoms with Gasteiger partial charge in [0.25, 0.3) is 0 Å². The Morgan fingerprint density at radius 1 is 1.19 bits per heavy atom. The minimum absolute atomic E-state index is 0.124. The van der Waals surface area contributed by atoms with E-state index in [0.29, 0.717) is 24.3 Å². The number of alkyl halides is 3. The van der Waals surface area contributed by atoms with E-state index in [1.54, 1.807) is 0 Å². The molecule has 0 spiro atoms. The summed E-state index contributed by atoms with van der Waals surface area (Å²) in [5, 5.41) is 14.3. The second kappa shape index (κ2) is 5.61. The van der Waals surface area contributed by atoms with Gasteiger partial charge in [0.1, 0.15) is 0 Å². The molecule has 5 heteroatoms. The molecule has 2 N–H and O–H groups in total. The fourth-order valence-corrected chi connectivity index (χ4v) is 3.07. The van der Waals surface area contributed by atoms with Crippen LogP contribution in [0.15, 0.2) is 24.3 Å².